The monoisotopic (exact) mass is 240 g/mol. The maximum atomic E-state index is 12.1. The minimum Gasteiger partial charge on any atom is -0.344 e. The maximum Gasteiger partial charge on any atom is 0.236 e. The maximum absolute atomic E-state index is 12.1. The van der Waals surface area contributed by atoms with Crippen LogP contribution in [0.1, 0.15) is 40.5 Å². The third-order valence-electron chi connectivity index (χ3n) is 4.03. The van der Waals surface area contributed by atoms with Crippen molar-refractivity contribution in [2.45, 2.75) is 46.1 Å². The van der Waals surface area contributed by atoms with E-state index in [-0.39, 0.29) is 5.91 Å². The molecule has 0 saturated heterocycles. The zero-order chi connectivity index (χ0) is 13.2. The molecule has 1 fully saturated rings. The molecular weight excluding hydrogens is 212 g/mol. The molecule has 0 N–H and O–H groups in total. The summed E-state index contributed by atoms with van der Waals surface area (Å²) in [5, 5.41) is 0. The van der Waals surface area contributed by atoms with E-state index in [9.17, 15) is 4.79 Å². The van der Waals surface area contributed by atoms with E-state index in [1.54, 1.807) is 0 Å². The SMILES string of the molecule is CC(C)CN(C)C(=O)CN(C)C1(C(C)C)CC1. The van der Waals surface area contributed by atoms with E-state index in [2.05, 4.69) is 39.6 Å². The van der Waals surface area contributed by atoms with Gasteiger partial charge in [-0.2, -0.15) is 0 Å². The Balaban J connectivity index is 2.46. The van der Waals surface area contributed by atoms with Crippen LogP contribution in [0.15, 0.2) is 0 Å². The van der Waals surface area contributed by atoms with Gasteiger partial charge in [-0.05, 0) is 31.7 Å². The average Bonchev–Trinajstić information content (AvgIpc) is 2.96. The van der Waals surface area contributed by atoms with Gasteiger partial charge >= 0.3 is 0 Å². The van der Waals surface area contributed by atoms with Gasteiger partial charge in [0.15, 0.2) is 0 Å². The lowest BCUT2D eigenvalue weighted by atomic mass is 10.0. The number of nitrogens with zero attached hydrogens (tertiary/aromatic N) is 2. The first-order valence-corrected chi connectivity index (χ1v) is 6.75. The molecule has 1 aliphatic rings. The van der Waals surface area contributed by atoms with Crippen molar-refractivity contribution in [3.05, 3.63) is 0 Å². The molecule has 100 valence electrons. The summed E-state index contributed by atoms with van der Waals surface area (Å²) in [5.74, 6) is 1.41. The van der Waals surface area contributed by atoms with Gasteiger partial charge in [-0.3, -0.25) is 9.69 Å². The highest BCUT2D eigenvalue weighted by Crippen LogP contribution is 2.46. The van der Waals surface area contributed by atoms with Gasteiger partial charge in [0.1, 0.15) is 0 Å². The fraction of sp³-hybridized carbons (Fsp3) is 0.929. The fourth-order valence-corrected chi connectivity index (χ4v) is 2.66. The Hall–Kier alpha value is -0.570. The van der Waals surface area contributed by atoms with Gasteiger partial charge in [0.2, 0.25) is 5.91 Å². The summed E-state index contributed by atoms with van der Waals surface area (Å²) in [6, 6.07) is 0. The largest absolute Gasteiger partial charge is 0.344 e. The average molecular weight is 240 g/mol. The van der Waals surface area contributed by atoms with Gasteiger partial charge in [-0.15, -0.1) is 0 Å². The lowest BCUT2D eigenvalue weighted by molar-refractivity contribution is -0.132. The number of carbonyl (C=O) groups excluding carboxylic acids is 1. The van der Waals surface area contributed by atoms with Crippen LogP contribution in [-0.2, 0) is 4.79 Å². The first-order valence-electron chi connectivity index (χ1n) is 6.75. The molecule has 0 unspecified atom stereocenters. The number of likely N-dealkylation sites (N-methyl/N-ethyl adjacent to an activating group) is 2. The van der Waals surface area contributed by atoms with E-state index in [1.165, 1.54) is 12.8 Å². The molecule has 0 aromatic carbocycles. The van der Waals surface area contributed by atoms with Gasteiger partial charge in [0.25, 0.3) is 0 Å². The van der Waals surface area contributed by atoms with Crippen molar-refractivity contribution in [1.82, 2.24) is 9.80 Å². The van der Waals surface area contributed by atoms with Gasteiger partial charge in [0, 0.05) is 19.1 Å². The second-order valence-electron chi connectivity index (χ2n) is 6.28. The number of carbonyl (C=O) groups is 1. The highest BCUT2D eigenvalue weighted by molar-refractivity contribution is 5.78. The third-order valence-corrected chi connectivity index (χ3v) is 4.03. The quantitative estimate of drug-likeness (QED) is 0.711. The highest BCUT2D eigenvalue weighted by Gasteiger charge is 2.49. The minimum atomic E-state index is 0.244. The summed E-state index contributed by atoms with van der Waals surface area (Å²) in [6.07, 6.45) is 2.48. The van der Waals surface area contributed by atoms with Crippen LogP contribution in [0.3, 0.4) is 0 Å². The molecule has 0 atom stereocenters. The van der Waals surface area contributed by atoms with Crippen LogP contribution in [0.4, 0.5) is 0 Å². The topological polar surface area (TPSA) is 23.6 Å². The van der Waals surface area contributed by atoms with Crippen molar-refractivity contribution in [3.63, 3.8) is 0 Å². The van der Waals surface area contributed by atoms with Gasteiger partial charge < -0.3 is 4.90 Å². The molecule has 1 aliphatic carbocycles. The molecule has 0 aromatic rings. The number of amides is 1. The predicted octanol–water partition coefficient (Wildman–Crippen LogP) is 2.22. The summed E-state index contributed by atoms with van der Waals surface area (Å²) in [4.78, 5) is 16.2. The Morgan fingerprint density at radius 3 is 2.06 bits per heavy atom. The lowest BCUT2D eigenvalue weighted by Crippen LogP contribution is -2.45. The van der Waals surface area contributed by atoms with Crippen LogP contribution < -0.4 is 0 Å². The third kappa shape index (κ3) is 3.44. The number of hydrogen-bond acceptors (Lipinski definition) is 2. The molecule has 1 rings (SSSR count). The molecule has 1 amide bonds. The summed E-state index contributed by atoms with van der Waals surface area (Å²) >= 11 is 0. The van der Waals surface area contributed by atoms with Crippen molar-refractivity contribution < 1.29 is 4.79 Å². The van der Waals surface area contributed by atoms with E-state index in [1.807, 2.05) is 11.9 Å². The van der Waals surface area contributed by atoms with Crippen LogP contribution in [0.5, 0.6) is 0 Å². The Morgan fingerprint density at radius 2 is 1.71 bits per heavy atom. The van der Waals surface area contributed by atoms with E-state index < -0.39 is 0 Å². The number of rotatable bonds is 6. The van der Waals surface area contributed by atoms with Crippen LogP contribution in [0, 0.1) is 11.8 Å². The smallest absolute Gasteiger partial charge is 0.236 e. The summed E-state index contributed by atoms with van der Waals surface area (Å²) < 4.78 is 0. The second-order valence-corrected chi connectivity index (χ2v) is 6.28. The van der Waals surface area contributed by atoms with Crippen LogP contribution >= 0.6 is 0 Å². The summed E-state index contributed by atoms with van der Waals surface area (Å²) in [7, 11) is 4.00. The van der Waals surface area contributed by atoms with E-state index in [0.717, 1.165) is 6.54 Å². The molecule has 17 heavy (non-hydrogen) atoms. The lowest BCUT2D eigenvalue weighted by Gasteiger charge is -2.32. The van der Waals surface area contributed by atoms with Crippen molar-refractivity contribution in [2.75, 3.05) is 27.2 Å². The Morgan fingerprint density at radius 1 is 1.18 bits per heavy atom. The Kier molecular flexibility index (Phi) is 4.59. The molecule has 0 heterocycles. The molecule has 1 saturated carbocycles. The van der Waals surface area contributed by atoms with Crippen molar-refractivity contribution >= 4 is 5.91 Å². The molecule has 0 radical (unpaired) electrons. The first kappa shape index (κ1) is 14.5. The molecule has 0 bridgehead atoms. The first-order chi connectivity index (χ1) is 7.79. The predicted molar refractivity (Wildman–Crippen MR) is 71.9 cm³/mol. The van der Waals surface area contributed by atoms with Crippen LogP contribution in [0.25, 0.3) is 0 Å². The Labute approximate surface area is 106 Å². The van der Waals surface area contributed by atoms with E-state index in [0.29, 0.717) is 23.9 Å². The molecule has 0 aliphatic heterocycles. The molecule has 0 spiro atoms. The minimum absolute atomic E-state index is 0.244. The van der Waals surface area contributed by atoms with Crippen molar-refractivity contribution in [2.24, 2.45) is 11.8 Å². The van der Waals surface area contributed by atoms with Gasteiger partial charge in [-0.25, -0.2) is 0 Å². The fourth-order valence-electron chi connectivity index (χ4n) is 2.66. The molecule has 3 nitrogen and oxygen atoms in total. The molecular formula is C14H28N2O. The second kappa shape index (κ2) is 5.38. The molecule has 0 aromatic heterocycles. The zero-order valence-corrected chi connectivity index (χ0v) is 12.3. The van der Waals surface area contributed by atoms with Crippen LogP contribution in [0.2, 0.25) is 0 Å². The normalized spacial score (nSPS) is 17.9. The Bertz CT molecular complexity index is 269. The van der Waals surface area contributed by atoms with E-state index in [4.69, 9.17) is 0 Å². The highest BCUT2D eigenvalue weighted by atomic mass is 16.2. The summed E-state index contributed by atoms with van der Waals surface area (Å²) in [6.45, 7) is 10.2. The van der Waals surface area contributed by atoms with Gasteiger partial charge in [0.05, 0.1) is 6.54 Å². The van der Waals surface area contributed by atoms with Crippen molar-refractivity contribution in [3.8, 4) is 0 Å². The van der Waals surface area contributed by atoms with Gasteiger partial charge in [-0.1, -0.05) is 27.7 Å². The number of hydrogen-bond donors (Lipinski definition) is 0. The summed E-state index contributed by atoms with van der Waals surface area (Å²) in [5.41, 5.74) is 0.300. The van der Waals surface area contributed by atoms with E-state index >= 15 is 0 Å². The molecule has 3 heteroatoms. The van der Waals surface area contributed by atoms with Crippen molar-refractivity contribution in [1.29, 1.82) is 0 Å². The zero-order valence-electron chi connectivity index (χ0n) is 12.3. The standard InChI is InChI=1S/C14H28N2O/c1-11(2)9-15(5)13(17)10-16(6)14(7-8-14)12(3)4/h11-12H,7-10H2,1-6H3. The van der Waals surface area contributed by atoms with Crippen LogP contribution in [-0.4, -0.2) is 48.4 Å².